The van der Waals surface area contributed by atoms with Crippen LogP contribution in [0.15, 0.2) is 36.5 Å². The summed E-state index contributed by atoms with van der Waals surface area (Å²) < 4.78 is 0. The molecule has 0 saturated carbocycles. The third-order valence-electron chi connectivity index (χ3n) is 3.39. The van der Waals surface area contributed by atoms with Crippen LogP contribution in [0.3, 0.4) is 0 Å². The average molecular weight is 225 g/mol. The van der Waals surface area contributed by atoms with Gasteiger partial charge < -0.3 is 5.73 Å². The van der Waals surface area contributed by atoms with E-state index in [1.807, 2.05) is 12.3 Å². The average Bonchev–Trinajstić information content (AvgIpc) is 2.82. The minimum Gasteiger partial charge on any atom is -0.325 e. The maximum atomic E-state index is 5.62. The van der Waals surface area contributed by atoms with Gasteiger partial charge in [0, 0.05) is 18.7 Å². The predicted molar refractivity (Wildman–Crippen MR) is 66.5 cm³/mol. The summed E-state index contributed by atoms with van der Waals surface area (Å²) in [6.07, 6.45) is 4.04. The molecule has 0 aliphatic heterocycles. The number of aromatic nitrogens is 2. The molecule has 1 aliphatic rings. The van der Waals surface area contributed by atoms with Gasteiger partial charge in [0.1, 0.15) is 5.82 Å². The van der Waals surface area contributed by atoms with Gasteiger partial charge in [-0.3, -0.25) is 0 Å². The standard InChI is InChI=1S/C14H15N3/c15-9-11-7-8-16-14(17-11)13-6-5-10-3-1-2-4-12(10)13/h1-4,7-8,13H,5-6,9,15H2. The first-order chi connectivity index (χ1) is 8.38. The molecule has 1 atom stereocenters. The molecule has 86 valence electrons. The maximum Gasteiger partial charge on any atom is 0.136 e. The van der Waals surface area contributed by atoms with E-state index < -0.39 is 0 Å². The Morgan fingerprint density at radius 3 is 3.00 bits per heavy atom. The molecule has 0 bridgehead atoms. The number of rotatable bonds is 2. The number of nitrogens with two attached hydrogens (primary N) is 1. The van der Waals surface area contributed by atoms with Crippen molar-refractivity contribution < 1.29 is 0 Å². The third kappa shape index (κ3) is 1.83. The Morgan fingerprint density at radius 2 is 2.12 bits per heavy atom. The van der Waals surface area contributed by atoms with E-state index in [-0.39, 0.29) is 0 Å². The van der Waals surface area contributed by atoms with Gasteiger partial charge in [0.2, 0.25) is 0 Å². The number of nitrogens with zero attached hydrogens (tertiary/aromatic N) is 2. The zero-order chi connectivity index (χ0) is 11.7. The van der Waals surface area contributed by atoms with Crippen molar-refractivity contribution in [1.29, 1.82) is 0 Å². The topological polar surface area (TPSA) is 51.8 Å². The molecule has 2 N–H and O–H groups in total. The summed E-state index contributed by atoms with van der Waals surface area (Å²) in [6.45, 7) is 0.476. The minimum absolute atomic E-state index is 0.345. The lowest BCUT2D eigenvalue weighted by Gasteiger charge is -2.10. The molecule has 17 heavy (non-hydrogen) atoms. The fourth-order valence-corrected chi connectivity index (χ4v) is 2.52. The molecular formula is C14H15N3. The Kier molecular flexibility index (Phi) is 2.61. The SMILES string of the molecule is NCc1ccnc(C2CCc3ccccc32)n1. The first-order valence-corrected chi connectivity index (χ1v) is 5.98. The zero-order valence-electron chi connectivity index (χ0n) is 9.63. The highest BCUT2D eigenvalue weighted by Gasteiger charge is 2.25. The second-order valence-electron chi connectivity index (χ2n) is 4.40. The molecule has 0 spiro atoms. The molecular weight excluding hydrogens is 210 g/mol. The van der Waals surface area contributed by atoms with Crippen LogP contribution in [0.25, 0.3) is 0 Å². The van der Waals surface area contributed by atoms with Gasteiger partial charge in [0.25, 0.3) is 0 Å². The van der Waals surface area contributed by atoms with Gasteiger partial charge in [-0.2, -0.15) is 0 Å². The van der Waals surface area contributed by atoms with Crippen LogP contribution in [0.4, 0.5) is 0 Å². The molecule has 0 saturated heterocycles. The maximum absolute atomic E-state index is 5.62. The van der Waals surface area contributed by atoms with Crippen molar-refractivity contribution in [1.82, 2.24) is 9.97 Å². The monoisotopic (exact) mass is 225 g/mol. The van der Waals surface area contributed by atoms with E-state index >= 15 is 0 Å². The third-order valence-corrected chi connectivity index (χ3v) is 3.39. The van der Waals surface area contributed by atoms with Gasteiger partial charge in [0.05, 0.1) is 5.69 Å². The van der Waals surface area contributed by atoms with Crippen molar-refractivity contribution in [3.63, 3.8) is 0 Å². The van der Waals surface area contributed by atoms with Crippen molar-refractivity contribution >= 4 is 0 Å². The van der Waals surface area contributed by atoms with E-state index in [1.54, 1.807) is 0 Å². The lowest BCUT2D eigenvalue weighted by molar-refractivity contribution is 0.717. The minimum atomic E-state index is 0.345. The van der Waals surface area contributed by atoms with Crippen molar-refractivity contribution in [3.05, 3.63) is 59.2 Å². The normalized spacial score (nSPS) is 18.1. The number of aryl methyl sites for hydroxylation is 1. The van der Waals surface area contributed by atoms with E-state index in [9.17, 15) is 0 Å². The summed E-state index contributed by atoms with van der Waals surface area (Å²) in [6, 6.07) is 10.4. The molecule has 0 radical (unpaired) electrons. The summed E-state index contributed by atoms with van der Waals surface area (Å²) in [5.74, 6) is 1.26. The van der Waals surface area contributed by atoms with Crippen molar-refractivity contribution in [2.45, 2.75) is 25.3 Å². The van der Waals surface area contributed by atoms with Crippen molar-refractivity contribution in [2.24, 2.45) is 5.73 Å². The Balaban J connectivity index is 2.01. The van der Waals surface area contributed by atoms with Gasteiger partial charge in [0.15, 0.2) is 0 Å². The van der Waals surface area contributed by atoms with Crippen LogP contribution >= 0.6 is 0 Å². The molecule has 1 aromatic heterocycles. The van der Waals surface area contributed by atoms with E-state index in [1.165, 1.54) is 11.1 Å². The first kappa shape index (κ1) is 10.4. The lowest BCUT2D eigenvalue weighted by atomic mass is 10.0. The molecule has 3 heteroatoms. The van der Waals surface area contributed by atoms with Crippen LogP contribution in [-0.2, 0) is 13.0 Å². The van der Waals surface area contributed by atoms with Crippen LogP contribution < -0.4 is 5.73 Å². The largest absolute Gasteiger partial charge is 0.325 e. The molecule has 3 nitrogen and oxygen atoms in total. The fourth-order valence-electron chi connectivity index (χ4n) is 2.52. The first-order valence-electron chi connectivity index (χ1n) is 5.98. The Hall–Kier alpha value is -1.74. The quantitative estimate of drug-likeness (QED) is 0.850. The molecule has 0 fully saturated rings. The van der Waals surface area contributed by atoms with Crippen LogP contribution in [0.2, 0.25) is 0 Å². The van der Waals surface area contributed by atoms with E-state index in [2.05, 4.69) is 34.2 Å². The molecule has 1 aliphatic carbocycles. The molecule has 3 rings (SSSR count). The number of fused-ring (bicyclic) bond motifs is 1. The number of benzene rings is 1. The highest BCUT2D eigenvalue weighted by atomic mass is 14.9. The zero-order valence-corrected chi connectivity index (χ0v) is 9.63. The van der Waals surface area contributed by atoms with Gasteiger partial charge >= 0.3 is 0 Å². The van der Waals surface area contributed by atoms with E-state index in [0.29, 0.717) is 12.5 Å². The van der Waals surface area contributed by atoms with E-state index in [4.69, 9.17) is 5.73 Å². The number of hydrogen-bond acceptors (Lipinski definition) is 3. The fraction of sp³-hybridized carbons (Fsp3) is 0.286. The van der Waals surface area contributed by atoms with Crippen LogP contribution in [-0.4, -0.2) is 9.97 Å². The second kappa shape index (κ2) is 4.26. The van der Waals surface area contributed by atoms with Gasteiger partial charge in [-0.15, -0.1) is 0 Å². The summed E-state index contributed by atoms with van der Waals surface area (Å²) in [4.78, 5) is 8.94. The van der Waals surface area contributed by atoms with Crippen molar-refractivity contribution in [2.75, 3.05) is 0 Å². The molecule has 2 aromatic rings. The molecule has 1 heterocycles. The highest BCUT2D eigenvalue weighted by Crippen LogP contribution is 2.36. The van der Waals surface area contributed by atoms with Gasteiger partial charge in [-0.1, -0.05) is 24.3 Å². The number of hydrogen-bond donors (Lipinski definition) is 1. The van der Waals surface area contributed by atoms with Crippen molar-refractivity contribution in [3.8, 4) is 0 Å². The van der Waals surface area contributed by atoms with E-state index in [0.717, 1.165) is 24.4 Å². The summed E-state index contributed by atoms with van der Waals surface area (Å²) in [5.41, 5.74) is 9.34. The molecule has 1 aromatic carbocycles. The summed E-state index contributed by atoms with van der Waals surface area (Å²) in [7, 11) is 0. The smallest absolute Gasteiger partial charge is 0.136 e. The predicted octanol–water partition coefficient (Wildman–Crippen LogP) is 2.01. The van der Waals surface area contributed by atoms with Crippen LogP contribution in [0, 0.1) is 0 Å². The molecule has 1 unspecified atom stereocenters. The highest BCUT2D eigenvalue weighted by molar-refractivity contribution is 5.38. The Bertz CT molecular complexity index is 536. The second-order valence-corrected chi connectivity index (χ2v) is 4.40. The lowest BCUT2D eigenvalue weighted by Crippen LogP contribution is -2.07. The van der Waals surface area contributed by atoms with Gasteiger partial charge in [-0.05, 0) is 30.0 Å². The van der Waals surface area contributed by atoms with Crippen LogP contribution in [0.5, 0.6) is 0 Å². The summed E-state index contributed by atoms with van der Waals surface area (Å²) in [5, 5.41) is 0. The molecule has 0 amide bonds. The summed E-state index contributed by atoms with van der Waals surface area (Å²) >= 11 is 0. The Morgan fingerprint density at radius 1 is 1.24 bits per heavy atom. The van der Waals surface area contributed by atoms with Gasteiger partial charge in [-0.25, -0.2) is 9.97 Å². The van der Waals surface area contributed by atoms with Crippen LogP contribution in [0.1, 0.15) is 35.0 Å². The Labute approximate surface area is 101 Å².